The van der Waals surface area contributed by atoms with E-state index in [4.69, 9.17) is 19.8 Å². The Bertz CT molecular complexity index is 650. The molecule has 0 spiro atoms. The standard InChI is InChI=1S/C16H16N2O3/c1-2-20-16-8-12(10-19)5-6-15(16)21-11-13-4-3-7-18-14(13)9-17/h3-8,19H,2,10-11H2,1H3. The maximum Gasteiger partial charge on any atom is 0.161 e. The number of aliphatic hydroxyl groups is 1. The summed E-state index contributed by atoms with van der Waals surface area (Å²) in [5, 5.41) is 18.2. The maximum atomic E-state index is 9.16. The first-order valence-electron chi connectivity index (χ1n) is 6.61. The van der Waals surface area contributed by atoms with E-state index in [0.717, 1.165) is 5.56 Å². The van der Waals surface area contributed by atoms with E-state index in [1.165, 1.54) is 0 Å². The molecule has 0 bridgehead atoms. The zero-order valence-corrected chi connectivity index (χ0v) is 11.7. The summed E-state index contributed by atoms with van der Waals surface area (Å²) >= 11 is 0. The van der Waals surface area contributed by atoms with Crippen LogP contribution in [0.15, 0.2) is 36.5 Å². The molecule has 1 aromatic heterocycles. The van der Waals surface area contributed by atoms with Crippen molar-refractivity contribution in [3.63, 3.8) is 0 Å². The molecule has 0 radical (unpaired) electrons. The Morgan fingerprint density at radius 3 is 2.81 bits per heavy atom. The molecule has 1 N–H and O–H groups in total. The molecule has 2 rings (SSSR count). The number of rotatable bonds is 6. The minimum atomic E-state index is -0.0540. The van der Waals surface area contributed by atoms with Gasteiger partial charge in [0, 0.05) is 11.8 Å². The van der Waals surface area contributed by atoms with Crippen LogP contribution in [-0.2, 0) is 13.2 Å². The molecule has 1 aromatic carbocycles. The van der Waals surface area contributed by atoms with Gasteiger partial charge in [0.05, 0.1) is 13.2 Å². The Balaban J connectivity index is 2.17. The largest absolute Gasteiger partial charge is 0.490 e. The molecule has 5 nitrogen and oxygen atoms in total. The van der Waals surface area contributed by atoms with E-state index in [1.54, 1.807) is 36.5 Å². The number of hydrogen-bond acceptors (Lipinski definition) is 5. The van der Waals surface area contributed by atoms with Gasteiger partial charge in [-0.15, -0.1) is 0 Å². The SMILES string of the molecule is CCOc1cc(CO)ccc1OCc1cccnc1C#N. The van der Waals surface area contributed by atoms with Gasteiger partial charge in [-0.25, -0.2) is 4.98 Å². The fourth-order valence-corrected chi connectivity index (χ4v) is 1.85. The topological polar surface area (TPSA) is 75.4 Å². The number of pyridine rings is 1. The summed E-state index contributed by atoms with van der Waals surface area (Å²) in [5.41, 5.74) is 1.82. The third kappa shape index (κ3) is 3.71. The van der Waals surface area contributed by atoms with Gasteiger partial charge in [-0.2, -0.15) is 5.26 Å². The molecule has 0 atom stereocenters. The van der Waals surface area contributed by atoms with Crippen LogP contribution in [0.25, 0.3) is 0 Å². The first-order valence-corrected chi connectivity index (χ1v) is 6.61. The van der Waals surface area contributed by atoms with E-state index in [-0.39, 0.29) is 13.2 Å². The molecule has 108 valence electrons. The molecule has 0 aliphatic carbocycles. The highest BCUT2D eigenvalue weighted by Crippen LogP contribution is 2.29. The minimum absolute atomic E-state index is 0.0540. The van der Waals surface area contributed by atoms with Crippen molar-refractivity contribution >= 4 is 0 Å². The van der Waals surface area contributed by atoms with Crippen LogP contribution in [0.4, 0.5) is 0 Å². The number of nitriles is 1. The first-order chi connectivity index (χ1) is 10.3. The van der Waals surface area contributed by atoms with Gasteiger partial charge < -0.3 is 14.6 Å². The summed E-state index contributed by atoms with van der Waals surface area (Å²) in [7, 11) is 0. The average molecular weight is 284 g/mol. The fraction of sp³-hybridized carbons (Fsp3) is 0.250. The second kappa shape index (κ2) is 7.27. The van der Waals surface area contributed by atoms with Gasteiger partial charge in [-0.1, -0.05) is 12.1 Å². The summed E-state index contributed by atoms with van der Waals surface area (Å²) in [4.78, 5) is 3.99. The van der Waals surface area contributed by atoms with Crippen molar-refractivity contribution in [3.05, 3.63) is 53.3 Å². The molecule has 0 saturated carbocycles. The number of benzene rings is 1. The Labute approximate surface area is 123 Å². The van der Waals surface area contributed by atoms with E-state index in [0.29, 0.717) is 29.4 Å². The highest BCUT2D eigenvalue weighted by molar-refractivity contribution is 5.43. The third-order valence-electron chi connectivity index (χ3n) is 2.87. The summed E-state index contributed by atoms with van der Waals surface area (Å²) in [6.07, 6.45) is 1.57. The number of nitrogens with zero attached hydrogens (tertiary/aromatic N) is 2. The molecule has 0 aliphatic rings. The highest BCUT2D eigenvalue weighted by atomic mass is 16.5. The summed E-state index contributed by atoms with van der Waals surface area (Å²) in [6, 6.07) is 10.9. The third-order valence-corrected chi connectivity index (χ3v) is 2.87. The molecule has 0 unspecified atom stereocenters. The fourth-order valence-electron chi connectivity index (χ4n) is 1.85. The highest BCUT2D eigenvalue weighted by Gasteiger charge is 2.08. The Morgan fingerprint density at radius 2 is 2.10 bits per heavy atom. The van der Waals surface area contributed by atoms with Crippen molar-refractivity contribution in [1.29, 1.82) is 5.26 Å². The van der Waals surface area contributed by atoms with Crippen molar-refractivity contribution in [2.75, 3.05) is 6.61 Å². The Morgan fingerprint density at radius 1 is 1.24 bits per heavy atom. The van der Waals surface area contributed by atoms with Crippen molar-refractivity contribution in [1.82, 2.24) is 4.98 Å². The molecular formula is C16H16N2O3. The predicted octanol–water partition coefficient (Wildman–Crippen LogP) is 2.42. The lowest BCUT2D eigenvalue weighted by Crippen LogP contribution is -2.02. The van der Waals surface area contributed by atoms with Crippen LogP contribution in [0.1, 0.15) is 23.7 Å². The summed E-state index contributed by atoms with van der Waals surface area (Å²) in [6.45, 7) is 2.56. The average Bonchev–Trinajstić information content (AvgIpc) is 2.54. The van der Waals surface area contributed by atoms with Gasteiger partial charge in [0.1, 0.15) is 18.4 Å². The lowest BCUT2D eigenvalue weighted by Gasteiger charge is -2.13. The van der Waals surface area contributed by atoms with Crippen LogP contribution in [0, 0.1) is 11.3 Å². The van der Waals surface area contributed by atoms with E-state index in [9.17, 15) is 0 Å². The van der Waals surface area contributed by atoms with Gasteiger partial charge >= 0.3 is 0 Å². The molecule has 21 heavy (non-hydrogen) atoms. The smallest absolute Gasteiger partial charge is 0.161 e. The second-order valence-electron chi connectivity index (χ2n) is 4.28. The van der Waals surface area contributed by atoms with Crippen LogP contribution in [0.3, 0.4) is 0 Å². The zero-order chi connectivity index (χ0) is 15.1. The summed E-state index contributed by atoms with van der Waals surface area (Å²) < 4.78 is 11.2. The molecule has 5 heteroatoms. The van der Waals surface area contributed by atoms with E-state index >= 15 is 0 Å². The molecule has 0 saturated heterocycles. The van der Waals surface area contributed by atoms with E-state index in [2.05, 4.69) is 4.98 Å². The number of ether oxygens (including phenoxy) is 2. The zero-order valence-electron chi connectivity index (χ0n) is 11.7. The van der Waals surface area contributed by atoms with Crippen LogP contribution in [0.2, 0.25) is 0 Å². The molecule has 2 aromatic rings. The molecule has 1 heterocycles. The quantitative estimate of drug-likeness (QED) is 0.881. The monoisotopic (exact) mass is 284 g/mol. The van der Waals surface area contributed by atoms with Crippen LogP contribution in [-0.4, -0.2) is 16.7 Å². The van der Waals surface area contributed by atoms with Crippen LogP contribution < -0.4 is 9.47 Å². The maximum absolute atomic E-state index is 9.16. The minimum Gasteiger partial charge on any atom is -0.490 e. The van der Waals surface area contributed by atoms with Crippen molar-refractivity contribution in [2.24, 2.45) is 0 Å². The van der Waals surface area contributed by atoms with Gasteiger partial charge in [0.25, 0.3) is 0 Å². The molecular weight excluding hydrogens is 268 g/mol. The van der Waals surface area contributed by atoms with E-state index in [1.807, 2.05) is 13.0 Å². The molecule has 0 fully saturated rings. The lowest BCUT2D eigenvalue weighted by atomic mass is 10.2. The Kier molecular flexibility index (Phi) is 5.13. The number of hydrogen-bond donors (Lipinski definition) is 1. The molecule has 0 amide bonds. The van der Waals surface area contributed by atoms with Gasteiger partial charge in [-0.3, -0.25) is 0 Å². The molecule has 0 aliphatic heterocycles. The Hall–Kier alpha value is -2.58. The number of aromatic nitrogens is 1. The predicted molar refractivity (Wildman–Crippen MR) is 76.8 cm³/mol. The van der Waals surface area contributed by atoms with Gasteiger partial charge in [-0.05, 0) is 30.7 Å². The first kappa shape index (κ1) is 14.8. The van der Waals surface area contributed by atoms with Crippen molar-refractivity contribution in [2.45, 2.75) is 20.1 Å². The normalized spacial score (nSPS) is 9.95. The lowest BCUT2D eigenvalue weighted by molar-refractivity contribution is 0.263. The van der Waals surface area contributed by atoms with Crippen molar-refractivity contribution < 1.29 is 14.6 Å². The summed E-state index contributed by atoms with van der Waals surface area (Å²) in [5.74, 6) is 1.15. The van der Waals surface area contributed by atoms with Crippen molar-refractivity contribution in [3.8, 4) is 17.6 Å². The van der Waals surface area contributed by atoms with Crippen LogP contribution >= 0.6 is 0 Å². The second-order valence-corrected chi connectivity index (χ2v) is 4.28. The van der Waals surface area contributed by atoms with Crippen LogP contribution in [0.5, 0.6) is 11.5 Å². The van der Waals surface area contributed by atoms with Gasteiger partial charge in [0.2, 0.25) is 0 Å². The van der Waals surface area contributed by atoms with E-state index < -0.39 is 0 Å². The number of aliphatic hydroxyl groups excluding tert-OH is 1. The van der Waals surface area contributed by atoms with Gasteiger partial charge in [0.15, 0.2) is 11.5 Å².